The molecule has 0 aromatic heterocycles. The van der Waals surface area contributed by atoms with E-state index < -0.39 is 6.36 Å². The van der Waals surface area contributed by atoms with E-state index in [2.05, 4.69) is 4.74 Å². The van der Waals surface area contributed by atoms with Gasteiger partial charge in [0.2, 0.25) is 0 Å². The van der Waals surface area contributed by atoms with Gasteiger partial charge in [-0.2, -0.15) is 0 Å². The Hall–Kier alpha value is -1.43. The first-order valence-corrected chi connectivity index (χ1v) is 7.06. The van der Waals surface area contributed by atoms with Crippen molar-refractivity contribution in [2.75, 3.05) is 13.2 Å². The molecule has 0 bridgehead atoms. The first kappa shape index (κ1) is 19.6. The number of benzene rings is 1. The smallest absolute Gasteiger partial charge is 0.493 e. The Labute approximate surface area is 124 Å². The molecule has 0 aliphatic heterocycles. The maximum Gasteiger partial charge on any atom is 0.573 e. The second-order valence-corrected chi connectivity index (χ2v) is 4.39. The summed E-state index contributed by atoms with van der Waals surface area (Å²) in [5.74, 6) is 0.276. The molecule has 0 aliphatic carbocycles. The quantitative estimate of drug-likeness (QED) is 0.789. The fraction of sp³-hybridized carbons (Fsp3) is 0.600. The molecule has 3 nitrogen and oxygen atoms in total. The van der Waals surface area contributed by atoms with Gasteiger partial charge in [-0.15, -0.1) is 13.2 Å². The summed E-state index contributed by atoms with van der Waals surface area (Å²) in [5.41, 5.74) is 6.19. The van der Waals surface area contributed by atoms with Crippen LogP contribution in [-0.4, -0.2) is 19.5 Å². The number of ether oxygens (including phenoxy) is 2. The molecule has 0 heterocycles. The van der Waals surface area contributed by atoms with Gasteiger partial charge in [0, 0.05) is 6.07 Å². The number of hydrogen-bond donors (Lipinski definition) is 1. The van der Waals surface area contributed by atoms with Gasteiger partial charge in [0.05, 0.1) is 6.61 Å². The predicted molar refractivity (Wildman–Crippen MR) is 77.7 cm³/mol. The molecule has 0 radical (unpaired) electrons. The van der Waals surface area contributed by atoms with Crippen molar-refractivity contribution >= 4 is 0 Å². The molecule has 6 heteroatoms. The van der Waals surface area contributed by atoms with Crippen molar-refractivity contribution in [3.05, 3.63) is 23.8 Å². The molecular weight excluding hydrogens is 283 g/mol. The van der Waals surface area contributed by atoms with Gasteiger partial charge in [-0.1, -0.05) is 33.8 Å². The van der Waals surface area contributed by atoms with E-state index in [-0.39, 0.29) is 11.7 Å². The number of halogens is 3. The highest BCUT2D eigenvalue weighted by atomic mass is 19.4. The van der Waals surface area contributed by atoms with Gasteiger partial charge in [-0.25, -0.2) is 0 Å². The summed E-state index contributed by atoms with van der Waals surface area (Å²) in [5, 5.41) is 0. The maximum atomic E-state index is 12.2. The zero-order chi connectivity index (χ0) is 16.5. The molecule has 0 amide bonds. The lowest BCUT2D eigenvalue weighted by molar-refractivity contribution is -0.274. The van der Waals surface area contributed by atoms with Crippen molar-refractivity contribution in [2.24, 2.45) is 5.73 Å². The summed E-state index contributed by atoms with van der Waals surface area (Å²) < 4.78 is 45.8. The van der Waals surface area contributed by atoms with Crippen molar-refractivity contribution in [3.8, 4) is 11.5 Å². The van der Waals surface area contributed by atoms with Crippen molar-refractivity contribution in [1.29, 1.82) is 0 Å². The number of alkyl halides is 3. The minimum atomic E-state index is -4.70. The Morgan fingerprint density at radius 3 is 2.29 bits per heavy atom. The van der Waals surface area contributed by atoms with E-state index >= 15 is 0 Å². The maximum absolute atomic E-state index is 12.2. The lowest BCUT2D eigenvalue weighted by Crippen LogP contribution is -2.17. The molecule has 0 aliphatic rings. The van der Waals surface area contributed by atoms with Crippen LogP contribution in [0.1, 0.15) is 45.6 Å². The molecule has 1 aromatic rings. The highest BCUT2D eigenvalue weighted by Gasteiger charge is 2.31. The molecule has 21 heavy (non-hydrogen) atoms. The van der Waals surface area contributed by atoms with E-state index in [4.69, 9.17) is 10.5 Å². The van der Waals surface area contributed by atoms with Crippen LogP contribution in [-0.2, 0) is 0 Å². The summed E-state index contributed by atoms with van der Waals surface area (Å²) in [4.78, 5) is 0. The number of hydrogen-bond acceptors (Lipinski definition) is 3. The largest absolute Gasteiger partial charge is 0.573 e. The first-order chi connectivity index (χ1) is 9.83. The third-order valence-electron chi connectivity index (χ3n) is 2.45. The molecule has 0 fully saturated rings. The molecule has 0 saturated carbocycles. The average molecular weight is 307 g/mol. The van der Waals surface area contributed by atoms with Crippen LogP contribution in [0.25, 0.3) is 0 Å². The molecule has 1 rings (SSSR count). The average Bonchev–Trinajstić information content (AvgIpc) is 2.39. The van der Waals surface area contributed by atoms with E-state index in [9.17, 15) is 13.2 Å². The summed E-state index contributed by atoms with van der Waals surface area (Å²) in [7, 11) is 0. The zero-order valence-corrected chi connectivity index (χ0v) is 13.0. The van der Waals surface area contributed by atoms with Crippen molar-refractivity contribution in [3.63, 3.8) is 0 Å². The Kier molecular flexibility index (Phi) is 8.85. The van der Waals surface area contributed by atoms with Gasteiger partial charge < -0.3 is 15.2 Å². The van der Waals surface area contributed by atoms with Crippen molar-refractivity contribution < 1.29 is 22.6 Å². The summed E-state index contributed by atoms with van der Waals surface area (Å²) in [6.07, 6.45) is -4.06. The minimum Gasteiger partial charge on any atom is -0.493 e. The third-order valence-corrected chi connectivity index (χ3v) is 2.45. The van der Waals surface area contributed by atoms with Crippen LogP contribution in [0, 0.1) is 0 Å². The second-order valence-electron chi connectivity index (χ2n) is 4.39. The van der Waals surface area contributed by atoms with Gasteiger partial charge in [0.25, 0.3) is 0 Å². The molecule has 122 valence electrons. The Bertz CT molecular complexity index is 406. The zero-order valence-electron chi connectivity index (χ0n) is 13.0. The fourth-order valence-corrected chi connectivity index (χ4v) is 1.58. The lowest BCUT2D eigenvalue weighted by atomic mass is 10.0. The molecule has 0 saturated heterocycles. The summed E-state index contributed by atoms with van der Waals surface area (Å²) >= 11 is 0. The van der Waals surface area contributed by atoms with Gasteiger partial charge >= 0.3 is 6.36 Å². The van der Waals surface area contributed by atoms with Crippen LogP contribution < -0.4 is 15.2 Å². The van der Waals surface area contributed by atoms with Crippen LogP contribution in [0.2, 0.25) is 0 Å². The van der Waals surface area contributed by atoms with Crippen LogP contribution in [0.5, 0.6) is 11.5 Å². The monoisotopic (exact) mass is 307 g/mol. The lowest BCUT2D eigenvalue weighted by Gasteiger charge is -2.16. The van der Waals surface area contributed by atoms with Crippen molar-refractivity contribution in [1.82, 2.24) is 0 Å². The van der Waals surface area contributed by atoms with Crippen molar-refractivity contribution in [2.45, 2.75) is 46.4 Å². The van der Waals surface area contributed by atoms with Gasteiger partial charge in [0.1, 0.15) is 11.5 Å². The van der Waals surface area contributed by atoms with E-state index in [1.165, 1.54) is 12.1 Å². The second kappa shape index (κ2) is 9.50. The summed E-state index contributed by atoms with van der Waals surface area (Å²) in [6.45, 7) is 8.71. The SMILES string of the molecule is CC.CC(C)c1ccc(OC(F)(F)F)cc1OCCCN. The van der Waals surface area contributed by atoms with E-state index in [0.717, 1.165) is 5.56 Å². The highest BCUT2D eigenvalue weighted by Crippen LogP contribution is 2.32. The van der Waals surface area contributed by atoms with E-state index in [0.29, 0.717) is 25.3 Å². The minimum absolute atomic E-state index is 0.146. The summed E-state index contributed by atoms with van der Waals surface area (Å²) in [6, 6.07) is 4.14. The van der Waals surface area contributed by atoms with E-state index in [1.807, 2.05) is 27.7 Å². The molecule has 2 N–H and O–H groups in total. The highest BCUT2D eigenvalue weighted by molar-refractivity contribution is 5.42. The Morgan fingerprint density at radius 1 is 1.19 bits per heavy atom. The van der Waals surface area contributed by atoms with Gasteiger partial charge in [-0.05, 0) is 30.5 Å². The van der Waals surface area contributed by atoms with Crippen LogP contribution in [0.3, 0.4) is 0 Å². The third kappa shape index (κ3) is 7.80. The van der Waals surface area contributed by atoms with Gasteiger partial charge in [-0.3, -0.25) is 0 Å². The van der Waals surface area contributed by atoms with Crippen LogP contribution in [0.4, 0.5) is 13.2 Å². The number of rotatable bonds is 6. The topological polar surface area (TPSA) is 44.5 Å². The normalized spacial score (nSPS) is 10.9. The van der Waals surface area contributed by atoms with Crippen LogP contribution in [0.15, 0.2) is 18.2 Å². The molecule has 0 spiro atoms. The molecule has 1 aromatic carbocycles. The van der Waals surface area contributed by atoms with Crippen LogP contribution >= 0.6 is 0 Å². The molecule has 0 atom stereocenters. The molecule has 0 unspecified atom stereocenters. The molecular formula is C15H24F3NO2. The predicted octanol–water partition coefficient (Wildman–Crippen LogP) is 4.46. The fourth-order valence-electron chi connectivity index (χ4n) is 1.58. The van der Waals surface area contributed by atoms with E-state index in [1.54, 1.807) is 6.07 Å². The number of nitrogens with two attached hydrogens (primary N) is 1. The standard InChI is InChI=1S/C13H18F3NO2.C2H6/c1-9(2)11-5-4-10(19-13(14,15)16)8-12(11)18-7-3-6-17;1-2/h4-5,8-9H,3,6-7,17H2,1-2H3;1-2H3. The first-order valence-electron chi connectivity index (χ1n) is 7.06. The Morgan fingerprint density at radius 2 is 1.81 bits per heavy atom. The van der Waals surface area contributed by atoms with Gasteiger partial charge in [0.15, 0.2) is 0 Å². The Balaban J connectivity index is 0.00000191.